The average molecular weight is 500 g/mol. The molecule has 0 bridgehead atoms. The maximum absolute atomic E-state index is 12.9. The number of benzene rings is 3. The van der Waals surface area contributed by atoms with Gasteiger partial charge in [-0.05, 0) is 36.8 Å². The largest absolute Gasteiger partial charge is 0.368 e. The van der Waals surface area contributed by atoms with Gasteiger partial charge in [-0.25, -0.2) is 0 Å². The Labute approximate surface area is 217 Å². The molecule has 0 aliphatic carbocycles. The molecule has 37 heavy (non-hydrogen) atoms. The van der Waals surface area contributed by atoms with Crippen molar-refractivity contribution in [2.75, 3.05) is 62.2 Å². The van der Waals surface area contributed by atoms with Crippen molar-refractivity contribution in [1.82, 2.24) is 9.80 Å². The third-order valence-electron chi connectivity index (χ3n) is 7.35. The van der Waals surface area contributed by atoms with Gasteiger partial charge in [0.15, 0.2) is 0 Å². The third-order valence-corrected chi connectivity index (χ3v) is 7.35. The maximum atomic E-state index is 12.9. The highest BCUT2D eigenvalue weighted by molar-refractivity contribution is 5.94. The van der Waals surface area contributed by atoms with Gasteiger partial charge in [-0.2, -0.15) is 0 Å². The van der Waals surface area contributed by atoms with Crippen LogP contribution in [0.2, 0.25) is 0 Å². The van der Waals surface area contributed by atoms with E-state index in [2.05, 4.69) is 39.0 Å². The molecular formula is C29H33N5O3. The minimum absolute atomic E-state index is 0.0532. The van der Waals surface area contributed by atoms with E-state index in [1.165, 1.54) is 5.56 Å². The van der Waals surface area contributed by atoms with E-state index >= 15 is 0 Å². The molecule has 0 atom stereocenters. The number of nitro benzene ring substituents is 1. The molecule has 8 nitrogen and oxygen atoms in total. The Hall–Kier alpha value is -3.91. The Morgan fingerprint density at radius 3 is 2.11 bits per heavy atom. The molecule has 8 heteroatoms. The summed E-state index contributed by atoms with van der Waals surface area (Å²) in [6.07, 6.45) is 0. The molecule has 2 aliphatic heterocycles. The van der Waals surface area contributed by atoms with Crippen molar-refractivity contribution in [1.29, 1.82) is 0 Å². The summed E-state index contributed by atoms with van der Waals surface area (Å²) >= 11 is 0. The lowest BCUT2D eigenvalue weighted by Crippen LogP contribution is -2.49. The fourth-order valence-electron chi connectivity index (χ4n) is 5.15. The fourth-order valence-corrected chi connectivity index (χ4v) is 5.15. The first-order valence-corrected chi connectivity index (χ1v) is 12.9. The molecule has 0 N–H and O–H groups in total. The monoisotopic (exact) mass is 499 g/mol. The molecule has 2 heterocycles. The summed E-state index contributed by atoms with van der Waals surface area (Å²) in [6, 6.07) is 23.5. The van der Waals surface area contributed by atoms with Crippen LogP contribution in [0.5, 0.6) is 0 Å². The number of carbonyl (C=O) groups excluding carboxylic acids is 1. The number of aryl methyl sites for hydroxylation is 1. The van der Waals surface area contributed by atoms with Crippen molar-refractivity contribution in [2.45, 2.75) is 13.5 Å². The molecule has 2 fully saturated rings. The van der Waals surface area contributed by atoms with Crippen LogP contribution in [0, 0.1) is 17.0 Å². The quantitative estimate of drug-likeness (QED) is 0.374. The Kier molecular flexibility index (Phi) is 7.37. The van der Waals surface area contributed by atoms with Gasteiger partial charge >= 0.3 is 0 Å². The van der Waals surface area contributed by atoms with Crippen LogP contribution in [0.15, 0.2) is 72.8 Å². The predicted molar refractivity (Wildman–Crippen MR) is 146 cm³/mol. The molecule has 0 saturated carbocycles. The standard InChI is InChI=1S/C29H33N5O3/c1-23-7-9-25(10-8-23)29(35)33-19-17-31(18-20-33)26-11-12-27(34(36)37)28(21-26)32-15-13-30(14-16-32)22-24-5-3-2-4-6-24/h2-12,21H,13-20,22H2,1H3. The summed E-state index contributed by atoms with van der Waals surface area (Å²) in [5.41, 5.74) is 4.92. The van der Waals surface area contributed by atoms with E-state index in [0.717, 1.165) is 44.0 Å². The number of piperazine rings is 2. The van der Waals surface area contributed by atoms with Crippen molar-refractivity contribution >= 4 is 23.0 Å². The van der Waals surface area contributed by atoms with Crippen LogP contribution >= 0.6 is 0 Å². The van der Waals surface area contributed by atoms with Gasteiger partial charge in [0, 0.05) is 76.2 Å². The molecule has 5 rings (SSSR count). The van der Waals surface area contributed by atoms with Crippen molar-refractivity contribution in [2.24, 2.45) is 0 Å². The molecule has 192 valence electrons. The average Bonchev–Trinajstić information content (AvgIpc) is 2.94. The Morgan fingerprint density at radius 2 is 1.46 bits per heavy atom. The summed E-state index contributed by atoms with van der Waals surface area (Å²) in [4.78, 5) is 33.1. The molecule has 0 spiro atoms. The molecule has 0 radical (unpaired) electrons. The molecule has 0 aromatic heterocycles. The topological polar surface area (TPSA) is 73.2 Å². The number of anilines is 2. The second kappa shape index (κ2) is 11.0. The van der Waals surface area contributed by atoms with Crippen molar-refractivity contribution in [3.63, 3.8) is 0 Å². The van der Waals surface area contributed by atoms with Crippen LogP contribution in [-0.4, -0.2) is 73.0 Å². The van der Waals surface area contributed by atoms with Gasteiger partial charge in [0.1, 0.15) is 5.69 Å². The Bertz CT molecular complexity index is 1230. The fraction of sp³-hybridized carbons (Fsp3) is 0.345. The highest BCUT2D eigenvalue weighted by atomic mass is 16.6. The van der Waals surface area contributed by atoms with Gasteiger partial charge in [0.2, 0.25) is 0 Å². The van der Waals surface area contributed by atoms with Crippen LogP contribution in [0.4, 0.5) is 17.1 Å². The predicted octanol–water partition coefficient (Wildman–Crippen LogP) is 4.19. The lowest BCUT2D eigenvalue weighted by molar-refractivity contribution is -0.384. The summed E-state index contributed by atoms with van der Waals surface area (Å²) in [5, 5.41) is 11.8. The van der Waals surface area contributed by atoms with Gasteiger partial charge in [-0.15, -0.1) is 0 Å². The zero-order chi connectivity index (χ0) is 25.8. The van der Waals surface area contributed by atoms with Crippen molar-refractivity contribution in [3.05, 3.63) is 99.6 Å². The van der Waals surface area contributed by atoms with Crippen LogP contribution in [0.3, 0.4) is 0 Å². The number of rotatable bonds is 6. The summed E-state index contributed by atoms with van der Waals surface area (Å²) in [6.45, 7) is 8.74. The lowest BCUT2D eigenvalue weighted by Gasteiger charge is -2.38. The van der Waals surface area contributed by atoms with Crippen LogP contribution < -0.4 is 9.80 Å². The first-order chi connectivity index (χ1) is 18.0. The molecule has 3 aromatic carbocycles. The van der Waals surface area contributed by atoms with Crippen LogP contribution in [0.25, 0.3) is 0 Å². The van der Waals surface area contributed by atoms with E-state index in [0.29, 0.717) is 37.4 Å². The van der Waals surface area contributed by atoms with E-state index in [9.17, 15) is 14.9 Å². The zero-order valence-corrected chi connectivity index (χ0v) is 21.3. The zero-order valence-electron chi connectivity index (χ0n) is 21.3. The van der Waals surface area contributed by atoms with Gasteiger partial charge in [-0.3, -0.25) is 19.8 Å². The minimum atomic E-state index is -0.284. The van der Waals surface area contributed by atoms with Gasteiger partial charge in [-0.1, -0.05) is 48.0 Å². The third kappa shape index (κ3) is 5.75. The maximum Gasteiger partial charge on any atom is 0.292 e. The van der Waals surface area contributed by atoms with Crippen LogP contribution in [-0.2, 0) is 6.54 Å². The number of nitrogens with zero attached hydrogens (tertiary/aromatic N) is 5. The van der Waals surface area contributed by atoms with E-state index in [1.54, 1.807) is 6.07 Å². The molecule has 0 unspecified atom stereocenters. The number of hydrogen-bond donors (Lipinski definition) is 0. The molecule has 2 aliphatic rings. The molecule has 3 aromatic rings. The number of hydrogen-bond acceptors (Lipinski definition) is 6. The van der Waals surface area contributed by atoms with Gasteiger partial charge in [0.05, 0.1) is 4.92 Å². The van der Waals surface area contributed by atoms with Crippen molar-refractivity contribution in [3.8, 4) is 0 Å². The molecule has 1 amide bonds. The van der Waals surface area contributed by atoms with E-state index in [4.69, 9.17) is 0 Å². The smallest absolute Gasteiger partial charge is 0.292 e. The second-order valence-corrected chi connectivity index (χ2v) is 9.82. The SMILES string of the molecule is Cc1ccc(C(=O)N2CCN(c3ccc([N+](=O)[O-])c(N4CCN(Cc5ccccc5)CC4)c3)CC2)cc1. The van der Waals surface area contributed by atoms with E-state index in [-0.39, 0.29) is 16.5 Å². The summed E-state index contributed by atoms with van der Waals surface area (Å²) in [5.74, 6) is 0.0532. The first-order valence-electron chi connectivity index (χ1n) is 12.9. The summed E-state index contributed by atoms with van der Waals surface area (Å²) < 4.78 is 0. The van der Waals surface area contributed by atoms with Gasteiger partial charge in [0.25, 0.3) is 11.6 Å². The van der Waals surface area contributed by atoms with E-state index in [1.807, 2.05) is 54.3 Å². The highest BCUT2D eigenvalue weighted by Crippen LogP contribution is 2.34. The normalized spacial score (nSPS) is 16.6. The van der Waals surface area contributed by atoms with Crippen LogP contribution in [0.1, 0.15) is 21.5 Å². The molecule has 2 saturated heterocycles. The lowest BCUT2D eigenvalue weighted by atomic mass is 10.1. The number of amides is 1. The highest BCUT2D eigenvalue weighted by Gasteiger charge is 2.27. The molecular weight excluding hydrogens is 466 g/mol. The summed E-state index contributed by atoms with van der Waals surface area (Å²) in [7, 11) is 0. The number of nitro groups is 1. The first kappa shape index (κ1) is 24.8. The van der Waals surface area contributed by atoms with Gasteiger partial charge < -0.3 is 14.7 Å². The Balaban J connectivity index is 1.24. The second-order valence-electron chi connectivity index (χ2n) is 9.82. The Morgan fingerprint density at radius 1 is 0.811 bits per heavy atom. The van der Waals surface area contributed by atoms with E-state index < -0.39 is 0 Å². The minimum Gasteiger partial charge on any atom is -0.368 e. The number of carbonyl (C=O) groups is 1. The van der Waals surface area contributed by atoms with Crippen molar-refractivity contribution < 1.29 is 9.72 Å².